The van der Waals surface area contributed by atoms with Gasteiger partial charge in [0.05, 0.1) is 31.6 Å². The van der Waals surface area contributed by atoms with Crippen molar-refractivity contribution in [3.63, 3.8) is 0 Å². The molecule has 8 heteroatoms. The zero-order valence-corrected chi connectivity index (χ0v) is 14.8. The average molecular weight is 358 g/mol. The molecule has 4 heterocycles. The van der Waals surface area contributed by atoms with Gasteiger partial charge in [0, 0.05) is 12.8 Å². The summed E-state index contributed by atoms with van der Waals surface area (Å²) in [4.78, 5) is 26.3. The van der Waals surface area contributed by atoms with Gasteiger partial charge < -0.3 is 18.8 Å². The van der Waals surface area contributed by atoms with Crippen LogP contribution in [0.4, 0.5) is 0 Å². The molecule has 2 fully saturated rings. The summed E-state index contributed by atoms with van der Waals surface area (Å²) in [6.07, 6.45) is 8.89. The van der Waals surface area contributed by atoms with Gasteiger partial charge in [-0.15, -0.1) is 0 Å². The first-order chi connectivity index (χ1) is 12.6. The van der Waals surface area contributed by atoms with Gasteiger partial charge in [0.2, 0.25) is 5.88 Å². The van der Waals surface area contributed by atoms with E-state index in [-0.39, 0.29) is 11.5 Å². The maximum absolute atomic E-state index is 12.3. The number of ether oxygens (including phenoxy) is 2. The van der Waals surface area contributed by atoms with Gasteiger partial charge in [0.1, 0.15) is 11.9 Å². The molecule has 0 N–H and O–H groups in total. The average Bonchev–Trinajstić information content (AvgIpc) is 3.14. The summed E-state index contributed by atoms with van der Waals surface area (Å²) >= 11 is 0. The molecule has 0 aromatic carbocycles. The third kappa shape index (κ3) is 3.55. The molecule has 2 aromatic heterocycles. The van der Waals surface area contributed by atoms with Gasteiger partial charge >= 0.3 is 0 Å². The number of carbonyl (C=O) groups is 1. The zero-order valence-electron chi connectivity index (χ0n) is 14.8. The molecular weight excluding hydrogens is 336 g/mol. The molecule has 2 aliphatic heterocycles. The second-order valence-electron chi connectivity index (χ2n) is 7.06. The van der Waals surface area contributed by atoms with Crippen LogP contribution in [0.3, 0.4) is 0 Å². The van der Waals surface area contributed by atoms with Crippen molar-refractivity contribution in [3.8, 4) is 5.88 Å². The Hall–Kier alpha value is -2.48. The fourth-order valence-electron chi connectivity index (χ4n) is 3.71. The largest absolute Gasteiger partial charge is 0.477 e. The predicted octanol–water partition coefficient (Wildman–Crippen LogP) is 1.86. The monoisotopic (exact) mass is 358 g/mol. The molecule has 0 unspecified atom stereocenters. The topological polar surface area (TPSA) is 90.6 Å². The minimum Gasteiger partial charge on any atom is -0.477 e. The van der Waals surface area contributed by atoms with Crippen molar-refractivity contribution in [1.82, 2.24) is 19.9 Å². The lowest BCUT2D eigenvalue weighted by atomic mass is 9.79. The van der Waals surface area contributed by atoms with Crippen LogP contribution in [0.25, 0.3) is 0 Å². The quantitative estimate of drug-likeness (QED) is 0.806. The number of carbonyl (C=O) groups excluding carboxylic acids is 1. The number of aromatic nitrogens is 3. The second kappa shape index (κ2) is 7.03. The van der Waals surface area contributed by atoms with Crippen LogP contribution in [0.15, 0.2) is 29.5 Å². The molecule has 1 amide bonds. The summed E-state index contributed by atoms with van der Waals surface area (Å²) in [6, 6.07) is 0. The van der Waals surface area contributed by atoms with E-state index in [1.165, 1.54) is 12.7 Å². The van der Waals surface area contributed by atoms with Gasteiger partial charge in [-0.3, -0.25) is 9.78 Å². The number of likely N-dealkylation sites (tertiary alicyclic amines) is 1. The number of amides is 1. The van der Waals surface area contributed by atoms with Gasteiger partial charge in [-0.2, -0.15) is 0 Å². The summed E-state index contributed by atoms with van der Waals surface area (Å²) in [6.45, 7) is 4.45. The first kappa shape index (κ1) is 17.0. The molecule has 2 saturated heterocycles. The molecule has 138 valence electrons. The van der Waals surface area contributed by atoms with Gasteiger partial charge in [-0.25, -0.2) is 9.97 Å². The molecule has 26 heavy (non-hydrogen) atoms. The third-order valence-electron chi connectivity index (χ3n) is 5.00. The van der Waals surface area contributed by atoms with Crippen molar-refractivity contribution in [1.29, 1.82) is 0 Å². The minimum absolute atomic E-state index is 0.101. The maximum Gasteiger partial charge on any atom is 0.276 e. The van der Waals surface area contributed by atoms with E-state index in [1.807, 2.05) is 6.92 Å². The highest BCUT2D eigenvalue weighted by Crippen LogP contribution is 2.38. The van der Waals surface area contributed by atoms with Crippen LogP contribution in [0.2, 0.25) is 0 Å². The van der Waals surface area contributed by atoms with Crippen molar-refractivity contribution in [2.24, 2.45) is 5.92 Å². The Balaban J connectivity index is 1.25. The number of hydrogen-bond acceptors (Lipinski definition) is 7. The van der Waals surface area contributed by atoms with Crippen molar-refractivity contribution >= 4 is 5.91 Å². The maximum atomic E-state index is 12.3. The van der Waals surface area contributed by atoms with E-state index in [1.54, 1.807) is 17.3 Å². The fraction of sp³-hybridized carbons (Fsp3) is 0.556. The molecule has 0 saturated carbocycles. The Kier molecular flexibility index (Phi) is 4.58. The Morgan fingerprint density at radius 3 is 3.08 bits per heavy atom. The highest BCUT2D eigenvalue weighted by atomic mass is 16.5. The van der Waals surface area contributed by atoms with Gasteiger partial charge in [-0.1, -0.05) is 0 Å². The summed E-state index contributed by atoms with van der Waals surface area (Å²) < 4.78 is 16.6. The van der Waals surface area contributed by atoms with Crippen LogP contribution in [-0.4, -0.2) is 57.7 Å². The van der Waals surface area contributed by atoms with Crippen molar-refractivity contribution < 1.29 is 18.7 Å². The minimum atomic E-state index is -0.217. The molecule has 2 aliphatic rings. The molecule has 0 radical (unpaired) electrons. The van der Waals surface area contributed by atoms with Crippen molar-refractivity contribution in [3.05, 3.63) is 36.4 Å². The number of oxazole rings is 1. The van der Waals surface area contributed by atoms with Crippen LogP contribution >= 0.6 is 0 Å². The van der Waals surface area contributed by atoms with E-state index in [0.717, 1.165) is 31.6 Å². The predicted molar refractivity (Wildman–Crippen MR) is 90.7 cm³/mol. The van der Waals surface area contributed by atoms with E-state index < -0.39 is 0 Å². The van der Waals surface area contributed by atoms with Crippen molar-refractivity contribution in [2.75, 3.05) is 26.3 Å². The van der Waals surface area contributed by atoms with Crippen LogP contribution < -0.4 is 4.74 Å². The van der Waals surface area contributed by atoms with Gasteiger partial charge in [0.25, 0.3) is 5.91 Å². The number of rotatable bonds is 5. The SMILES string of the molecule is Cc1cncc(OCC[C@H]2CCOC3(C2)CN(C(=O)c2cocn2)C3)n1. The lowest BCUT2D eigenvalue weighted by Crippen LogP contribution is -2.66. The standard InChI is InChI=1S/C18H22N4O4/c1-13-7-19-8-16(21-13)25-4-2-14-3-5-26-18(6-14)10-22(11-18)17(23)15-9-24-12-20-15/h7-9,12,14H,2-6,10-11H2,1H3/t14-/m0/s1. The number of hydrogen-bond donors (Lipinski definition) is 0. The Morgan fingerprint density at radius 2 is 2.31 bits per heavy atom. The van der Waals surface area contributed by atoms with E-state index in [4.69, 9.17) is 13.9 Å². The van der Waals surface area contributed by atoms with Crippen LogP contribution in [0, 0.1) is 12.8 Å². The van der Waals surface area contributed by atoms with E-state index in [9.17, 15) is 4.79 Å². The van der Waals surface area contributed by atoms with Crippen LogP contribution in [0.5, 0.6) is 5.88 Å². The Bertz CT molecular complexity index is 758. The fourth-order valence-corrected chi connectivity index (χ4v) is 3.71. The Morgan fingerprint density at radius 1 is 1.42 bits per heavy atom. The third-order valence-corrected chi connectivity index (χ3v) is 5.00. The molecule has 8 nitrogen and oxygen atoms in total. The summed E-state index contributed by atoms with van der Waals surface area (Å²) in [5.41, 5.74) is 0.976. The molecular formula is C18H22N4O4. The Labute approximate surface area is 151 Å². The summed E-state index contributed by atoms with van der Waals surface area (Å²) in [5.74, 6) is 0.988. The molecule has 4 rings (SSSR count). The smallest absolute Gasteiger partial charge is 0.276 e. The second-order valence-corrected chi connectivity index (χ2v) is 7.06. The molecule has 1 atom stereocenters. The zero-order chi connectivity index (χ0) is 18.0. The lowest BCUT2D eigenvalue weighted by Gasteiger charge is -2.53. The molecule has 2 aromatic rings. The highest BCUT2D eigenvalue weighted by Gasteiger charge is 2.49. The van der Waals surface area contributed by atoms with E-state index in [2.05, 4.69) is 15.0 Å². The summed E-state index contributed by atoms with van der Waals surface area (Å²) in [7, 11) is 0. The first-order valence-corrected chi connectivity index (χ1v) is 8.86. The van der Waals surface area contributed by atoms with Crippen LogP contribution in [0.1, 0.15) is 35.4 Å². The lowest BCUT2D eigenvalue weighted by molar-refractivity contribution is -0.166. The highest BCUT2D eigenvalue weighted by molar-refractivity contribution is 5.92. The van der Waals surface area contributed by atoms with E-state index >= 15 is 0 Å². The van der Waals surface area contributed by atoms with Crippen molar-refractivity contribution in [2.45, 2.75) is 31.8 Å². The van der Waals surface area contributed by atoms with Crippen LogP contribution in [-0.2, 0) is 4.74 Å². The molecule has 0 bridgehead atoms. The first-order valence-electron chi connectivity index (χ1n) is 8.86. The number of nitrogens with zero attached hydrogens (tertiary/aromatic N) is 4. The normalized spacial score (nSPS) is 21.4. The molecule has 0 aliphatic carbocycles. The van der Waals surface area contributed by atoms with Gasteiger partial charge in [-0.05, 0) is 32.1 Å². The molecule has 1 spiro atoms. The van der Waals surface area contributed by atoms with E-state index in [0.29, 0.717) is 37.2 Å². The number of aryl methyl sites for hydroxylation is 1. The summed E-state index contributed by atoms with van der Waals surface area (Å²) in [5, 5.41) is 0. The van der Waals surface area contributed by atoms with Gasteiger partial charge in [0.15, 0.2) is 12.1 Å².